The molecule has 0 fully saturated rings. The zero-order valence-corrected chi connectivity index (χ0v) is 6.68. The topological polar surface area (TPSA) is 50.4 Å². The number of rotatable bonds is 3. The van der Waals surface area contributed by atoms with Crippen molar-refractivity contribution in [3.05, 3.63) is 0 Å². The number of hydrogen-bond acceptors (Lipinski definition) is 2. The van der Waals surface area contributed by atoms with Crippen LogP contribution in [0.4, 0.5) is 4.79 Å². The molecule has 0 aromatic rings. The second-order valence-corrected chi connectivity index (χ2v) is 2.09. The van der Waals surface area contributed by atoms with Crippen LogP contribution in [0.15, 0.2) is 0 Å². The van der Waals surface area contributed by atoms with E-state index in [-0.39, 0.29) is 12.1 Å². The third-order valence-electron chi connectivity index (χ3n) is 0.996. The third-order valence-corrected chi connectivity index (χ3v) is 0.996. The standard InChI is InChI=1S/C7H12N2O2/c1-4-5-6(2)8-7(10)9-11-3/h1,6H,5H2,2-3H3,(H2,8,9,10). The minimum atomic E-state index is -0.379. The van der Waals surface area contributed by atoms with Gasteiger partial charge < -0.3 is 5.32 Å². The molecule has 0 aliphatic heterocycles. The smallest absolute Gasteiger partial charge is 0.333 e. The van der Waals surface area contributed by atoms with Gasteiger partial charge in [0.25, 0.3) is 0 Å². The average Bonchev–Trinajstić information content (AvgIpc) is 1.87. The lowest BCUT2D eigenvalue weighted by Crippen LogP contribution is -2.39. The van der Waals surface area contributed by atoms with Crippen molar-refractivity contribution in [2.24, 2.45) is 0 Å². The molecule has 4 nitrogen and oxygen atoms in total. The average molecular weight is 156 g/mol. The highest BCUT2D eigenvalue weighted by Crippen LogP contribution is 1.86. The van der Waals surface area contributed by atoms with Crippen LogP contribution in [0.25, 0.3) is 0 Å². The van der Waals surface area contributed by atoms with Crippen molar-refractivity contribution < 1.29 is 9.63 Å². The van der Waals surface area contributed by atoms with Crippen LogP contribution in [0.3, 0.4) is 0 Å². The predicted molar refractivity (Wildman–Crippen MR) is 41.6 cm³/mol. The Labute approximate surface area is 66.3 Å². The molecule has 1 unspecified atom stereocenters. The SMILES string of the molecule is C#CCC(C)NC(=O)NOC. The normalized spacial score (nSPS) is 11.4. The van der Waals surface area contributed by atoms with Crippen LogP contribution >= 0.6 is 0 Å². The summed E-state index contributed by atoms with van der Waals surface area (Å²) < 4.78 is 0. The van der Waals surface area contributed by atoms with E-state index in [0.29, 0.717) is 6.42 Å². The van der Waals surface area contributed by atoms with E-state index < -0.39 is 0 Å². The molecule has 0 spiro atoms. The van der Waals surface area contributed by atoms with E-state index in [9.17, 15) is 4.79 Å². The molecule has 0 saturated heterocycles. The Morgan fingerprint density at radius 2 is 2.45 bits per heavy atom. The first-order valence-corrected chi connectivity index (χ1v) is 3.23. The molecule has 0 aromatic carbocycles. The first-order chi connectivity index (χ1) is 5.20. The van der Waals surface area contributed by atoms with Crippen molar-refractivity contribution >= 4 is 6.03 Å². The number of carbonyl (C=O) groups is 1. The molecule has 0 radical (unpaired) electrons. The molecule has 0 aromatic heterocycles. The Balaban J connectivity index is 3.50. The van der Waals surface area contributed by atoms with Crippen molar-refractivity contribution in [1.82, 2.24) is 10.8 Å². The summed E-state index contributed by atoms with van der Waals surface area (Å²) in [5.41, 5.74) is 2.12. The predicted octanol–water partition coefficient (Wildman–Crippen LogP) is 0.259. The van der Waals surface area contributed by atoms with E-state index in [0.717, 1.165) is 0 Å². The number of terminal acetylenes is 1. The van der Waals surface area contributed by atoms with Crippen molar-refractivity contribution in [1.29, 1.82) is 0 Å². The van der Waals surface area contributed by atoms with Crippen LogP contribution in [-0.2, 0) is 4.84 Å². The molecular formula is C7H12N2O2. The maximum absolute atomic E-state index is 10.7. The Hall–Kier alpha value is -1.21. The molecule has 0 saturated carbocycles. The number of hydroxylamine groups is 1. The van der Waals surface area contributed by atoms with Crippen molar-refractivity contribution in [3.8, 4) is 12.3 Å². The minimum Gasteiger partial charge on any atom is -0.333 e. The highest BCUT2D eigenvalue weighted by molar-refractivity contribution is 5.72. The van der Waals surface area contributed by atoms with Gasteiger partial charge in [-0.2, -0.15) is 0 Å². The van der Waals surface area contributed by atoms with Crippen LogP contribution in [0.5, 0.6) is 0 Å². The van der Waals surface area contributed by atoms with Gasteiger partial charge in [-0.25, -0.2) is 10.3 Å². The van der Waals surface area contributed by atoms with Crippen LogP contribution in [0.2, 0.25) is 0 Å². The summed E-state index contributed by atoms with van der Waals surface area (Å²) in [6.45, 7) is 1.81. The molecule has 0 rings (SSSR count). The van der Waals surface area contributed by atoms with E-state index in [2.05, 4.69) is 21.6 Å². The van der Waals surface area contributed by atoms with Gasteiger partial charge in [0.15, 0.2) is 0 Å². The van der Waals surface area contributed by atoms with E-state index in [4.69, 9.17) is 6.42 Å². The summed E-state index contributed by atoms with van der Waals surface area (Å²) in [6.07, 6.45) is 5.54. The highest BCUT2D eigenvalue weighted by atomic mass is 16.6. The maximum Gasteiger partial charge on any atom is 0.338 e. The molecular weight excluding hydrogens is 144 g/mol. The summed E-state index contributed by atoms with van der Waals surface area (Å²) in [4.78, 5) is 15.1. The molecule has 2 N–H and O–H groups in total. The monoisotopic (exact) mass is 156 g/mol. The Morgan fingerprint density at radius 1 is 1.82 bits per heavy atom. The summed E-state index contributed by atoms with van der Waals surface area (Å²) in [5, 5.41) is 2.56. The molecule has 0 bridgehead atoms. The first-order valence-electron chi connectivity index (χ1n) is 3.23. The Morgan fingerprint density at radius 3 is 2.91 bits per heavy atom. The molecule has 0 aliphatic rings. The quantitative estimate of drug-likeness (QED) is 0.455. The Kier molecular flexibility index (Phi) is 4.95. The lowest BCUT2D eigenvalue weighted by molar-refractivity contribution is 0.106. The number of hydrogen-bond donors (Lipinski definition) is 2. The molecule has 4 heteroatoms. The molecule has 1 atom stereocenters. The van der Waals surface area contributed by atoms with Gasteiger partial charge in [-0.05, 0) is 6.92 Å². The third kappa shape index (κ3) is 5.25. The van der Waals surface area contributed by atoms with E-state index in [1.807, 2.05) is 6.92 Å². The highest BCUT2D eigenvalue weighted by Gasteiger charge is 2.03. The fraction of sp³-hybridized carbons (Fsp3) is 0.571. The van der Waals surface area contributed by atoms with Gasteiger partial charge in [-0.15, -0.1) is 12.3 Å². The van der Waals surface area contributed by atoms with Gasteiger partial charge in [0.2, 0.25) is 0 Å². The summed E-state index contributed by atoms with van der Waals surface area (Å²) in [5.74, 6) is 2.43. The molecule has 62 valence electrons. The number of amides is 2. The number of nitrogens with one attached hydrogen (secondary N) is 2. The van der Waals surface area contributed by atoms with E-state index >= 15 is 0 Å². The number of urea groups is 1. The van der Waals surface area contributed by atoms with Crippen molar-refractivity contribution in [2.45, 2.75) is 19.4 Å². The summed E-state index contributed by atoms with van der Waals surface area (Å²) in [7, 11) is 1.37. The van der Waals surface area contributed by atoms with Gasteiger partial charge in [0.05, 0.1) is 7.11 Å². The Bertz CT molecular complexity index is 162. The van der Waals surface area contributed by atoms with Gasteiger partial charge >= 0.3 is 6.03 Å². The van der Waals surface area contributed by atoms with E-state index in [1.54, 1.807) is 0 Å². The van der Waals surface area contributed by atoms with Gasteiger partial charge in [0, 0.05) is 12.5 Å². The largest absolute Gasteiger partial charge is 0.338 e. The molecule has 0 aliphatic carbocycles. The zero-order chi connectivity index (χ0) is 8.69. The van der Waals surface area contributed by atoms with Gasteiger partial charge in [-0.3, -0.25) is 4.84 Å². The lowest BCUT2D eigenvalue weighted by atomic mass is 10.2. The fourth-order valence-corrected chi connectivity index (χ4v) is 0.574. The summed E-state index contributed by atoms with van der Waals surface area (Å²) in [6, 6.07) is -0.412. The van der Waals surface area contributed by atoms with Crippen molar-refractivity contribution in [3.63, 3.8) is 0 Å². The second-order valence-electron chi connectivity index (χ2n) is 2.09. The maximum atomic E-state index is 10.7. The fourth-order valence-electron chi connectivity index (χ4n) is 0.574. The van der Waals surface area contributed by atoms with Gasteiger partial charge in [-0.1, -0.05) is 0 Å². The van der Waals surface area contributed by atoms with Gasteiger partial charge in [0.1, 0.15) is 0 Å². The van der Waals surface area contributed by atoms with Crippen molar-refractivity contribution in [2.75, 3.05) is 7.11 Å². The van der Waals surface area contributed by atoms with Crippen LogP contribution in [-0.4, -0.2) is 19.2 Å². The van der Waals surface area contributed by atoms with Crippen LogP contribution in [0.1, 0.15) is 13.3 Å². The van der Waals surface area contributed by atoms with Crippen LogP contribution < -0.4 is 10.8 Å². The molecule has 0 heterocycles. The summed E-state index contributed by atoms with van der Waals surface area (Å²) >= 11 is 0. The molecule has 2 amide bonds. The first kappa shape index (κ1) is 9.79. The number of carbonyl (C=O) groups excluding carboxylic acids is 1. The van der Waals surface area contributed by atoms with Crippen LogP contribution in [0, 0.1) is 12.3 Å². The second kappa shape index (κ2) is 5.57. The lowest BCUT2D eigenvalue weighted by Gasteiger charge is -2.09. The van der Waals surface area contributed by atoms with E-state index in [1.165, 1.54) is 7.11 Å². The molecule has 11 heavy (non-hydrogen) atoms. The zero-order valence-electron chi connectivity index (χ0n) is 6.68. The minimum absolute atomic E-state index is 0.0323.